The third-order valence-corrected chi connectivity index (χ3v) is 1.67. The molecule has 0 aromatic rings. The molecule has 1 atom stereocenters. The summed E-state index contributed by atoms with van der Waals surface area (Å²) in [7, 11) is 2.70. The van der Waals surface area contributed by atoms with E-state index in [0.29, 0.717) is 0 Å². The van der Waals surface area contributed by atoms with Gasteiger partial charge < -0.3 is 5.32 Å². The Kier molecular flexibility index (Phi) is 6.72. The summed E-state index contributed by atoms with van der Waals surface area (Å²) >= 11 is 0. The fourth-order valence-corrected chi connectivity index (χ4v) is 0.940. The van der Waals surface area contributed by atoms with Crippen LogP contribution in [0.5, 0.6) is 0 Å². The van der Waals surface area contributed by atoms with Gasteiger partial charge in [0, 0.05) is 26.2 Å². The average Bonchev–Trinajstić information content (AvgIpc) is 1.94. The van der Waals surface area contributed by atoms with Gasteiger partial charge in [-0.2, -0.15) is 0 Å². The van der Waals surface area contributed by atoms with E-state index >= 15 is 0 Å². The molecule has 1 saturated heterocycles. The summed E-state index contributed by atoms with van der Waals surface area (Å²) in [5.41, 5.74) is 0. The van der Waals surface area contributed by atoms with Crippen molar-refractivity contribution in [3.8, 4) is 0 Å². The van der Waals surface area contributed by atoms with Crippen LogP contribution < -0.4 is 5.32 Å². The summed E-state index contributed by atoms with van der Waals surface area (Å²) in [6, 6.07) is 0. The first-order valence-corrected chi connectivity index (χ1v) is 4.11. The van der Waals surface area contributed by atoms with E-state index in [2.05, 4.69) is 19.4 Å². The van der Waals surface area contributed by atoms with E-state index in [1.54, 1.807) is 0 Å². The molecule has 1 heterocycles. The van der Waals surface area contributed by atoms with Crippen LogP contribution in [0.15, 0.2) is 0 Å². The van der Waals surface area contributed by atoms with Crippen molar-refractivity contribution in [3.63, 3.8) is 0 Å². The highest BCUT2D eigenvalue weighted by Crippen LogP contribution is 1.96. The smallest absolute Gasteiger partial charge is 0.0142 e. The minimum absolute atomic E-state index is 1.14. The summed E-state index contributed by atoms with van der Waals surface area (Å²) in [5, 5.41) is 3.26. The lowest BCUT2D eigenvalue weighted by atomic mass is 10.4. The molecular weight excluding hydrogens is 131 g/mol. The zero-order valence-electron chi connectivity index (χ0n) is 6.35. The van der Waals surface area contributed by atoms with E-state index < -0.39 is 0 Å². The molecule has 1 rings (SSSR count). The van der Waals surface area contributed by atoms with Crippen LogP contribution in [0.3, 0.4) is 0 Å². The van der Waals surface area contributed by atoms with E-state index in [4.69, 9.17) is 0 Å². The Morgan fingerprint density at radius 3 is 1.89 bits per heavy atom. The van der Waals surface area contributed by atoms with Crippen LogP contribution in [0.25, 0.3) is 0 Å². The predicted octanol–water partition coefficient (Wildman–Crippen LogP) is 0.708. The molecule has 0 amide bonds. The molecule has 3 heteroatoms. The third-order valence-electron chi connectivity index (χ3n) is 1.15. The third kappa shape index (κ3) is 4.83. The predicted molar refractivity (Wildman–Crippen MR) is 45.5 cm³/mol. The van der Waals surface area contributed by atoms with E-state index in [1.165, 1.54) is 13.1 Å². The molecule has 0 bridgehead atoms. The lowest BCUT2D eigenvalue weighted by molar-refractivity contribution is 0.395. The largest absolute Gasteiger partial charge is 0.314 e. The second-order valence-corrected chi connectivity index (χ2v) is 2.52. The van der Waals surface area contributed by atoms with Crippen molar-refractivity contribution in [3.05, 3.63) is 0 Å². The summed E-state index contributed by atoms with van der Waals surface area (Å²) in [5.74, 6) is 0. The lowest BCUT2D eigenvalue weighted by Gasteiger charge is -2.21. The van der Waals surface area contributed by atoms with Crippen LogP contribution in [0.2, 0.25) is 0 Å². The Hall–Kier alpha value is 0.350. The van der Waals surface area contributed by atoms with Gasteiger partial charge in [0.25, 0.3) is 0 Å². The molecule has 56 valence electrons. The quantitative estimate of drug-likeness (QED) is 0.509. The first-order chi connectivity index (χ1) is 4.39. The second-order valence-electron chi connectivity index (χ2n) is 1.79. The highest BCUT2D eigenvalue weighted by molar-refractivity contribution is 7.13. The van der Waals surface area contributed by atoms with Crippen molar-refractivity contribution >= 4 is 9.39 Å². The molecule has 0 radical (unpaired) electrons. The van der Waals surface area contributed by atoms with Gasteiger partial charge in [0.2, 0.25) is 0 Å². The minimum atomic E-state index is 1.14. The van der Waals surface area contributed by atoms with E-state index in [-0.39, 0.29) is 0 Å². The second kappa shape index (κ2) is 6.47. The molecule has 0 aromatic heterocycles. The van der Waals surface area contributed by atoms with Crippen molar-refractivity contribution in [2.75, 3.05) is 26.2 Å². The van der Waals surface area contributed by atoms with Gasteiger partial charge in [0.1, 0.15) is 0 Å². The van der Waals surface area contributed by atoms with Gasteiger partial charge in [-0.3, -0.25) is 4.67 Å². The topological polar surface area (TPSA) is 15.3 Å². The zero-order chi connectivity index (χ0) is 7.11. The Bertz CT molecular complexity index is 53.0. The molecular formula is C6H17N2P. The summed E-state index contributed by atoms with van der Waals surface area (Å²) in [6.07, 6.45) is 0. The lowest BCUT2D eigenvalue weighted by Crippen LogP contribution is -2.37. The molecule has 0 aromatic carbocycles. The first-order valence-electron chi connectivity index (χ1n) is 3.60. The van der Waals surface area contributed by atoms with E-state index in [0.717, 1.165) is 13.1 Å². The van der Waals surface area contributed by atoms with Crippen LogP contribution in [0, 0.1) is 0 Å². The van der Waals surface area contributed by atoms with E-state index in [1.807, 2.05) is 13.8 Å². The Morgan fingerprint density at radius 1 is 1.22 bits per heavy atom. The molecule has 0 spiro atoms. The van der Waals surface area contributed by atoms with Crippen LogP contribution in [0.4, 0.5) is 0 Å². The maximum absolute atomic E-state index is 3.26. The standard InChI is InChI=1S/C4H11N2P.C2H6/c7-6-3-1-5-2-4-6;1-2/h5H,1-4,7H2;1-2H3. The van der Waals surface area contributed by atoms with Crippen LogP contribution in [-0.2, 0) is 0 Å². The molecule has 1 aliphatic heterocycles. The highest BCUT2D eigenvalue weighted by Gasteiger charge is 2.01. The number of rotatable bonds is 0. The highest BCUT2D eigenvalue weighted by atomic mass is 31.0. The van der Waals surface area contributed by atoms with Crippen LogP contribution in [-0.4, -0.2) is 30.8 Å². The Balaban J connectivity index is 0.000000291. The van der Waals surface area contributed by atoms with Crippen molar-refractivity contribution < 1.29 is 0 Å². The number of hydrogen-bond acceptors (Lipinski definition) is 2. The van der Waals surface area contributed by atoms with Gasteiger partial charge in [-0.1, -0.05) is 23.2 Å². The maximum Gasteiger partial charge on any atom is 0.0142 e. The number of nitrogens with one attached hydrogen (secondary N) is 1. The monoisotopic (exact) mass is 148 g/mol. The van der Waals surface area contributed by atoms with Gasteiger partial charge in [-0.25, -0.2) is 0 Å². The molecule has 9 heavy (non-hydrogen) atoms. The molecule has 2 nitrogen and oxygen atoms in total. The normalized spacial score (nSPS) is 20.3. The van der Waals surface area contributed by atoms with Gasteiger partial charge in [-0.15, -0.1) is 0 Å². The van der Waals surface area contributed by atoms with E-state index in [9.17, 15) is 0 Å². The summed E-state index contributed by atoms with van der Waals surface area (Å²) < 4.78 is 2.25. The number of piperazine rings is 1. The average molecular weight is 148 g/mol. The number of nitrogens with zero attached hydrogens (tertiary/aromatic N) is 1. The van der Waals surface area contributed by atoms with Crippen LogP contribution in [0.1, 0.15) is 13.8 Å². The van der Waals surface area contributed by atoms with Gasteiger partial charge >= 0.3 is 0 Å². The maximum atomic E-state index is 3.26. The molecule has 1 unspecified atom stereocenters. The first kappa shape index (κ1) is 9.35. The summed E-state index contributed by atoms with van der Waals surface area (Å²) in [4.78, 5) is 0. The van der Waals surface area contributed by atoms with Crippen molar-refractivity contribution in [1.82, 2.24) is 9.99 Å². The number of hydrogen-bond donors (Lipinski definition) is 1. The molecule has 1 aliphatic rings. The summed E-state index contributed by atoms with van der Waals surface area (Å²) in [6.45, 7) is 8.63. The Labute approximate surface area is 60.3 Å². The van der Waals surface area contributed by atoms with Gasteiger partial charge in [0.05, 0.1) is 0 Å². The van der Waals surface area contributed by atoms with Gasteiger partial charge in [0.15, 0.2) is 0 Å². The molecule has 0 aliphatic carbocycles. The SMILES string of the molecule is CC.PN1CCNCC1. The fourth-order valence-electron chi connectivity index (χ4n) is 0.682. The van der Waals surface area contributed by atoms with Gasteiger partial charge in [-0.05, 0) is 0 Å². The van der Waals surface area contributed by atoms with Crippen LogP contribution >= 0.6 is 9.39 Å². The van der Waals surface area contributed by atoms with Crippen molar-refractivity contribution in [2.24, 2.45) is 0 Å². The zero-order valence-corrected chi connectivity index (χ0v) is 7.51. The molecule has 0 saturated carbocycles. The van der Waals surface area contributed by atoms with Crippen molar-refractivity contribution in [2.45, 2.75) is 13.8 Å². The van der Waals surface area contributed by atoms with Crippen molar-refractivity contribution in [1.29, 1.82) is 0 Å². The minimum Gasteiger partial charge on any atom is -0.314 e. The Morgan fingerprint density at radius 2 is 1.67 bits per heavy atom. The fraction of sp³-hybridized carbons (Fsp3) is 1.00. The molecule has 1 N–H and O–H groups in total. The molecule has 1 fully saturated rings.